The van der Waals surface area contributed by atoms with E-state index >= 15 is 0 Å². The van der Waals surface area contributed by atoms with Crippen molar-refractivity contribution in [2.45, 2.75) is 58.6 Å². The Kier molecular flexibility index (Phi) is 5.07. The quantitative estimate of drug-likeness (QED) is 0.815. The molecule has 0 aromatic carbocycles. The minimum Gasteiger partial charge on any atom is -0.390 e. The summed E-state index contributed by atoms with van der Waals surface area (Å²) >= 11 is 1.27. The fourth-order valence-corrected chi connectivity index (χ4v) is 2.93. The van der Waals surface area contributed by atoms with E-state index in [1.54, 1.807) is 0 Å². The van der Waals surface area contributed by atoms with Crippen LogP contribution in [0, 0.1) is 5.92 Å². The van der Waals surface area contributed by atoms with Gasteiger partial charge in [0.25, 0.3) is 5.24 Å². The molecule has 0 spiro atoms. The Balaban J connectivity index is 2.59. The topological polar surface area (TPSA) is 49.3 Å². The highest BCUT2D eigenvalue weighted by molar-refractivity contribution is 8.16. The van der Waals surface area contributed by atoms with Gasteiger partial charge in [0.1, 0.15) is 0 Å². The molecule has 1 aliphatic rings. The van der Waals surface area contributed by atoms with Crippen LogP contribution in [-0.4, -0.2) is 22.0 Å². The van der Waals surface area contributed by atoms with Gasteiger partial charge >= 0.3 is 0 Å². The molecule has 1 rings (SSSR count). The Labute approximate surface area is 108 Å². The van der Waals surface area contributed by atoms with Crippen LogP contribution in [0.15, 0.2) is 11.0 Å². The SMILES string of the molecule is CC(C)NC(=O)SC1=C[C@H](C(C)(C)O)CCC1. The fourth-order valence-electron chi connectivity index (χ4n) is 1.91. The Hall–Kier alpha value is -0.480. The monoisotopic (exact) mass is 257 g/mol. The molecule has 0 saturated carbocycles. The highest BCUT2D eigenvalue weighted by Gasteiger charge is 2.28. The molecule has 98 valence electrons. The average molecular weight is 257 g/mol. The van der Waals surface area contributed by atoms with Crippen LogP contribution < -0.4 is 5.32 Å². The summed E-state index contributed by atoms with van der Waals surface area (Å²) in [6.07, 6.45) is 5.05. The molecule has 0 unspecified atom stereocenters. The van der Waals surface area contributed by atoms with Gasteiger partial charge in [0.2, 0.25) is 0 Å². The van der Waals surface area contributed by atoms with E-state index < -0.39 is 5.60 Å². The van der Waals surface area contributed by atoms with Gasteiger partial charge in [-0.2, -0.15) is 0 Å². The second kappa shape index (κ2) is 5.91. The van der Waals surface area contributed by atoms with Gasteiger partial charge in [-0.3, -0.25) is 4.79 Å². The highest BCUT2D eigenvalue weighted by atomic mass is 32.2. The van der Waals surface area contributed by atoms with Crippen molar-refractivity contribution >= 4 is 17.0 Å². The standard InChI is InChI=1S/C13H23NO2S/c1-9(2)14-12(15)17-11-7-5-6-10(8-11)13(3,4)16/h8-10,16H,5-7H2,1-4H3,(H,14,15)/t10-/m1/s1. The maximum absolute atomic E-state index is 11.6. The third-order valence-electron chi connectivity index (χ3n) is 2.86. The summed E-state index contributed by atoms with van der Waals surface area (Å²) in [5.74, 6) is 0.158. The molecule has 2 N–H and O–H groups in total. The van der Waals surface area contributed by atoms with Gasteiger partial charge in [-0.05, 0) is 63.6 Å². The molecule has 0 saturated heterocycles. The van der Waals surface area contributed by atoms with Gasteiger partial charge in [-0.1, -0.05) is 6.08 Å². The lowest BCUT2D eigenvalue weighted by atomic mass is 9.83. The Morgan fingerprint density at radius 3 is 2.76 bits per heavy atom. The zero-order chi connectivity index (χ0) is 13.1. The number of nitrogens with one attached hydrogen (secondary N) is 1. The summed E-state index contributed by atoms with van der Waals surface area (Å²) in [5.41, 5.74) is -0.694. The number of carbonyl (C=O) groups is 1. The molecule has 1 aliphatic carbocycles. The molecule has 1 amide bonds. The van der Waals surface area contributed by atoms with Gasteiger partial charge < -0.3 is 10.4 Å². The summed E-state index contributed by atoms with van der Waals surface area (Å²) in [6, 6.07) is 0.171. The van der Waals surface area contributed by atoms with Crippen molar-refractivity contribution in [3.8, 4) is 0 Å². The van der Waals surface area contributed by atoms with E-state index in [-0.39, 0.29) is 17.2 Å². The van der Waals surface area contributed by atoms with Gasteiger partial charge in [0.15, 0.2) is 0 Å². The smallest absolute Gasteiger partial charge is 0.283 e. The summed E-state index contributed by atoms with van der Waals surface area (Å²) in [4.78, 5) is 12.7. The second-order valence-electron chi connectivity index (χ2n) is 5.47. The van der Waals surface area contributed by atoms with Gasteiger partial charge in [-0.25, -0.2) is 0 Å². The number of allylic oxidation sites excluding steroid dienone is 1. The third kappa shape index (κ3) is 5.13. The van der Waals surface area contributed by atoms with E-state index in [1.807, 2.05) is 27.7 Å². The van der Waals surface area contributed by atoms with Crippen LogP contribution in [0.3, 0.4) is 0 Å². The first-order chi connectivity index (χ1) is 7.79. The lowest BCUT2D eigenvalue weighted by Gasteiger charge is -2.30. The highest BCUT2D eigenvalue weighted by Crippen LogP contribution is 2.35. The van der Waals surface area contributed by atoms with Gasteiger partial charge in [0.05, 0.1) is 5.60 Å². The molecule has 3 nitrogen and oxygen atoms in total. The van der Waals surface area contributed by atoms with E-state index in [0.29, 0.717) is 0 Å². The molecule has 0 heterocycles. The first kappa shape index (κ1) is 14.6. The Morgan fingerprint density at radius 1 is 1.59 bits per heavy atom. The predicted molar refractivity (Wildman–Crippen MR) is 73.0 cm³/mol. The molecule has 0 aromatic heterocycles. The lowest BCUT2D eigenvalue weighted by Crippen LogP contribution is -2.31. The number of hydrogen-bond donors (Lipinski definition) is 2. The molecular formula is C13H23NO2S. The number of amides is 1. The lowest BCUT2D eigenvalue weighted by molar-refractivity contribution is 0.0311. The number of hydrogen-bond acceptors (Lipinski definition) is 3. The number of rotatable bonds is 3. The zero-order valence-corrected chi connectivity index (χ0v) is 11.9. The maximum atomic E-state index is 11.6. The summed E-state index contributed by atoms with van der Waals surface area (Å²) in [5, 5.41) is 12.9. The molecular weight excluding hydrogens is 234 g/mol. The summed E-state index contributed by atoms with van der Waals surface area (Å²) < 4.78 is 0. The third-order valence-corrected chi connectivity index (χ3v) is 3.77. The van der Waals surface area contributed by atoms with Crippen LogP contribution in [0.4, 0.5) is 4.79 Å². The first-order valence-electron chi connectivity index (χ1n) is 6.20. The van der Waals surface area contributed by atoms with Crippen LogP contribution in [-0.2, 0) is 0 Å². The minimum atomic E-state index is -0.694. The molecule has 4 heteroatoms. The maximum Gasteiger partial charge on any atom is 0.283 e. The van der Waals surface area contributed by atoms with Crippen molar-refractivity contribution in [1.82, 2.24) is 5.32 Å². The average Bonchev–Trinajstić information content (AvgIpc) is 2.15. The number of aliphatic hydroxyl groups is 1. The van der Waals surface area contributed by atoms with Crippen LogP contribution >= 0.6 is 11.8 Å². The van der Waals surface area contributed by atoms with Crippen molar-refractivity contribution < 1.29 is 9.90 Å². The van der Waals surface area contributed by atoms with E-state index in [9.17, 15) is 9.90 Å². The van der Waals surface area contributed by atoms with Crippen molar-refractivity contribution in [3.05, 3.63) is 11.0 Å². The van der Waals surface area contributed by atoms with Crippen molar-refractivity contribution in [2.75, 3.05) is 0 Å². The van der Waals surface area contributed by atoms with Crippen molar-refractivity contribution in [2.24, 2.45) is 5.92 Å². The first-order valence-corrected chi connectivity index (χ1v) is 7.02. The summed E-state index contributed by atoms with van der Waals surface area (Å²) in [6.45, 7) is 7.56. The van der Waals surface area contributed by atoms with E-state index in [1.165, 1.54) is 11.8 Å². The van der Waals surface area contributed by atoms with E-state index in [0.717, 1.165) is 24.2 Å². The molecule has 1 atom stereocenters. The van der Waals surface area contributed by atoms with Crippen LogP contribution in [0.5, 0.6) is 0 Å². The molecule has 0 fully saturated rings. The Bertz CT molecular complexity index is 305. The largest absolute Gasteiger partial charge is 0.390 e. The predicted octanol–water partition coefficient (Wildman–Crippen LogP) is 3.29. The minimum absolute atomic E-state index is 0.00245. The molecule has 0 aromatic rings. The summed E-state index contributed by atoms with van der Waals surface area (Å²) in [7, 11) is 0. The normalized spacial score (nSPS) is 21.3. The van der Waals surface area contributed by atoms with Crippen molar-refractivity contribution in [3.63, 3.8) is 0 Å². The van der Waals surface area contributed by atoms with E-state index in [4.69, 9.17) is 0 Å². The van der Waals surface area contributed by atoms with Crippen LogP contribution in [0.1, 0.15) is 47.0 Å². The fraction of sp³-hybridized carbons (Fsp3) is 0.769. The molecule has 0 bridgehead atoms. The zero-order valence-electron chi connectivity index (χ0n) is 11.1. The number of thioether (sulfide) groups is 1. The molecule has 17 heavy (non-hydrogen) atoms. The van der Waals surface area contributed by atoms with Crippen LogP contribution in [0.2, 0.25) is 0 Å². The van der Waals surface area contributed by atoms with Gasteiger partial charge in [-0.15, -0.1) is 0 Å². The van der Waals surface area contributed by atoms with Crippen molar-refractivity contribution in [1.29, 1.82) is 0 Å². The second-order valence-corrected chi connectivity index (χ2v) is 6.57. The van der Waals surface area contributed by atoms with E-state index in [2.05, 4.69) is 11.4 Å². The van der Waals surface area contributed by atoms with Crippen LogP contribution in [0.25, 0.3) is 0 Å². The number of carbonyl (C=O) groups excluding carboxylic acids is 1. The molecule has 0 aliphatic heterocycles. The molecule has 0 radical (unpaired) electrons. The Morgan fingerprint density at radius 2 is 2.24 bits per heavy atom. The van der Waals surface area contributed by atoms with Gasteiger partial charge in [0, 0.05) is 12.0 Å².